The van der Waals surface area contributed by atoms with Gasteiger partial charge in [-0.15, -0.1) is 0 Å². The van der Waals surface area contributed by atoms with Crippen molar-refractivity contribution in [3.8, 4) is 0 Å². The number of rotatable bonds is 0. The maximum atomic E-state index is 5.99. The Morgan fingerprint density at radius 3 is 3.18 bits per heavy atom. The standard InChI is InChI=1S/C9H15NO/c1-9-3-2-8(11-9)6-4-10-5-7(6)9/h6-8,10H,2-5H2,1H3/t6-,7+,8+,9-/m0/s1. The molecular formula is C9H15NO. The van der Waals surface area contributed by atoms with E-state index in [1.54, 1.807) is 0 Å². The molecule has 3 aliphatic rings. The molecular weight excluding hydrogens is 138 g/mol. The number of hydrogen-bond donors (Lipinski definition) is 1. The molecule has 0 unspecified atom stereocenters. The van der Waals surface area contributed by atoms with Gasteiger partial charge in [0.05, 0.1) is 11.7 Å². The maximum Gasteiger partial charge on any atom is 0.0703 e. The highest BCUT2D eigenvalue weighted by Gasteiger charge is 2.57. The van der Waals surface area contributed by atoms with E-state index in [1.165, 1.54) is 25.9 Å². The molecule has 62 valence electrons. The van der Waals surface area contributed by atoms with E-state index < -0.39 is 0 Å². The quantitative estimate of drug-likeness (QED) is 0.555. The predicted molar refractivity (Wildman–Crippen MR) is 42.4 cm³/mol. The summed E-state index contributed by atoms with van der Waals surface area (Å²) in [7, 11) is 0. The minimum Gasteiger partial charge on any atom is -0.371 e. The van der Waals surface area contributed by atoms with Gasteiger partial charge >= 0.3 is 0 Å². The molecule has 2 bridgehead atoms. The summed E-state index contributed by atoms with van der Waals surface area (Å²) in [5, 5.41) is 3.47. The molecule has 0 aliphatic carbocycles. The van der Waals surface area contributed by atoms with Crippen molar-refractivity contribution in [2.75, 3.05) is 13.1 Å². The van der Waals surface area contributed by atoms with Gasteiger partial charge in [0.2, 0.25) is 0 Å². The molecule has 2 nitrogen and oxygen atoms in total. The molecule has 3 aliphatic heterocycles. The van der Waals surface area contributed by atoms with Gasteiger partial charge in [-0.3, -0.25) is 0 Å². The summed E-state index contributed by atoms with van der Waals surface area (Å²) in [6.45, 7) is 4.69. The average molecular weight is 153 g/mol. The third kappa shape index (κ3) is 0.651. The van der Waals surface area contributed by atoms with Gasteiger partial charge in [-0.2, -0.15) is 0 Å². The Balaban J connectivity index is 1.98. The van der Waals surface area contributed by atoms with Crippen LogP contribution in [0.5, 0.6) is 0 Å². The molecule has 0 spiro atoms. The summed E-state index contributed by atoms with van der Waals surface area (Å²) in [6.07, 6.45) is 3.19. The van der Waals surface area contributed by atoms with Crippen molar-refractivity contribution in [2.24, 2.45) is 11.8 Å². The summed E-state index contributed by atoms with van der Waals surface area (Å²) in [6, 6.07) is 0. The van der Waals surface area contributed by atoms with E-state index >= 15 is 0 Å². The molecule has 0 aromatic carbocycles. The summed E-state index contributed by atoms with van der Waals surface area (Å²) >= 11 is 0. The van der Waals surface area contributed by atoms with Crippen LogP contribution in [0.25, 0.3) is 0 Å². The van der Waals surface area contributed by atoms with Crippen LogP contribution in [-0.2, 0) is 4.74 Å². The van der Waals surface area contributed by atoms with Crippen molar-refractivity contribution >= 4 is 0 Å². The second-order valence-corrected chi connectivity index (χ2v) is 4.44. The van der Waals surface area contributed by atoms with Crippen LogP contribution in [-0.4, -0.2) is 24.8 Å². The zero-order valence-corrected chi connectivity index (χ0v) is 6.97. The van der Waals surface area contributed by atoms with Crippen LogP contribution in [0.1, 0.15) is 19.8 Å². The predicted octanol–water partition coefficient (Wildman–Crippen LogP) is 0.773. The topological polar surface area (TPSA) is 21.3 Å². The summed E-state index contributed by atoms with van der Waals surface area (Å²) in [5.74, 6) is 1.66. The first kappa shape index (κ1) is 6.44. The maximum absolute atomic E-state index is 5.99. The lowest BCUT2D eigenvalue weighted by Gasteiger charge is -2.27. The van der Waals surface area contributed by atoms with E-state index in [0.29, 0.717) is 6.10 Å². The molecule has 3 rings (SSSR count). The van der Waals surface area contributed by atoms with Gasteiger partial charge in [0, 0.05) is 24.9 Å². The van der Waals surface area contributed by atoms with Crippen LogP contribution in [0.3, 0.4) is 0 Å². The lowest BCUT2D eigenvalue weighted by atomic mass is 9.75. The highest BCUT2D eigenvalue weighted by atomic mass is 16.5. The second kappa shape index (κ2) is 1.80. The summed E-state index contributed by atoms with van der Waals surface area (Å²) < 4.78 is 5.99. The molecule has 1 N–H and O–H groups in total. The second-order valence-electron chi connectivity index (χ2n) is 4.44. The van der Waals surface area contributed by atoms with Crippen molar-refractivity contribution in [1.82, 2.24) is 5.32 Å². The van der Waals surface area contributed by atoms with Crippen molar-refractivity contribution in [3.05, 3.63) is 0 Å². The van der Waals surface area contributed by atoms with Crippen LogP contribution >= 0.6 is 0 Å². The van der Waals surface area contributed by atoms with Gasteiger partial charge in [-0.05, 0) is 19.8 Å². The lowest BCUT2D eigenvalue weighted by molar-refractivity contribution is 0.00527. The Hall–Kier alpha value is -0.0800. The fraction of sp³-hybridized carbons (Fsp3) is 1.00. The Morgan fingerprint density at radius 1 is 1.45 bits per heavy atom. The highest BCUT2D eigenvalue weighted by molar-refractivity contribution is 5.08. The fourth-order valence-corrected chi connectivity index (χ4v) is 3.23. The van der Waals surface area contributed by atoms with E-state index in [9.17, 15) is 0 Å². The third-order valence-corrected chi connectivity index (χ3v) is 3.87. The minimum absolute atomic E-state index is 0.249. The van der Waals surface area contributed by atoms with E-state index in [4.69, 9.17) is 4.74 Å². The van der Waals surface area contributed by atoms with Gasteiger partial charge in [-0.1, -0.05) is 0 Å². The van der Waals surface area contributed by atoms with Crippen LogP contribution in [0.4, 0.5) is 0 Å². The Bertz CT molecular complexity index is 194. The van der Waals surface area contributed by atoms with Crippen molar-refractivity contribution in [3.63, 3.8) is 0 Å². The Kier molecular flexibility index (Phi) is 1.06. The van der Waals surface area contributed by atoms with Crippen molar-refractivity contribution in [2.45, 2.75) is 31.5 Å². The average Bonchev–Trinajstić information content (AvgIpc) is 2.53. The Labute approximate surface area is 67.3 Å². The van der Waals surface area contributed by atoms with E-state index in [-0.39, 0.29) is 5.60 Å². The van der Waals surface area contributed by atoms with Crippen LogP contribution < -0.4 is 5.32 Å². The van der Waals surface area contributed by atoms with Crippen molar-refractivity contribution in [1.29, 1.82) is 0 Å². The van der Waals surface area contributed by atoms with E-state index in [2.05, 4.69) is 12.2 Å². The smallest absolute Gasteiger partial charge is 0.0703 e. The van der Waals surface area contributed by atoms with Gasteiger partial charge in [0.15, 0.2) is 0 Å². The number of ether oxygens (including phenoxy) is 1. The number of hydrogen-bond acceptors (Lipinski definition) is 2. The first-order valence-corrected chi connectivity index (χ1v) is 4.68. The first-order valence-electron chi connectivity index (χ1n) is 4.68. The molecule has 4 atom stereocenters. The van der Waals surface area contributed by atoms with Gasteiger partial charge in [-0.25, -0.2) is 0 Å². The molecule has 3 fully saturated rings. The number of fused-ring (bicyclic) bond motifs is 5. The SMILES string of the molecule is C[C@@]12CC[C@@H](O1)[C@H]1CNC[C@H]12. The van der Waals surface area contributed by atoms with Crippen LogP contribution in [0.2, 0.25) is 0 Å². The molecule has 0 aromatic heterocycles. The molecule has 0 aromatic rings. The molecule has 0 amide bonds. The van der Waals surface area contributed by atoms with Gasteiger partial charge in [0.25, 0.3) is 0 Å². The Morgan fingerprint density at radius 2 is 2.36 bits per heavy atom. The molecule has 0 radical (unpaired) electrons. The van der Waals surface area contributed by atoms with Crippen LogP contribution in [0, 0.1) is 11.8 Å². The normalized spacial score (nSPS) is 60.3. The van der Waals surface area contributed by atoms with Crippen molar-refractivity contribution < 1.29 is 4.74 Å². The number of nitrogens with one attached hydrogen (secondary N) is 1. The monoisotopic (exact) mass is 153 g/mol. The molecule has 3 heterocycles. The van der Waals surface area contributed by atoms with Gasteiger partial charge < -0.3 is 10.1 Å². The van der Waals surface area contributed by atoms with E-state index in [1.807, 2.05) is 0 Å². The molecule has 0 saturated carbocycles. The minimum atomic E-state index is 0.249. The zero-order chi connectivity index (χ0) is 7.47. The summed E-state index contributed by atoms with van der Waals surface area (Å²) in [5.41, 5.74) is 0.249. The first-order chi connectivity index (χ1) is 5.30. The lowest BCUT2D eigenvalue weighted by Crippen LogP contribution is -2.34. The fourth-order valence-electron chi connectivity index (χ4n) is 3.23. The van der Waals surface area contributed by atoms with Gasteiger partial charge in [0.1, 0.15) is 0 Å². The molecule has 11 heavy (non-hydrogen) atoms. The third-order valence-electron chi connectivity index (χ3n) is 3.87. The summed E-state index contributed by atoms with van der Waals surface area (Å²) in [4.78, 5) is 0. The highest BCUT2D eigenvalue weighted by Crippen LogP contribution is 2.52. The van der Waals surface area contributed by atoms with E-state index in [0.717, 1.165) is 11.8 Å². The largest absolute Gasteiger partial charge is 0.371 e. The molecule has 2 heteroatoms. The molecule has 3 saturated heterocycles. The van der Waals surface area contributed by atoms with Crippen LogP contribution in [0.15, 0.2) is 0 Å². The zero-order valence-electron chi connectivity index (χ0n) is 6.97.